The fourth-order valence-corrected chi connectivity index (χ4v) is 11.7. The van der Waals surface area contributed by atoms with Crippen molar-refractivity contribution in [3.8, 4) is 34.5 Å². The van der Waals surface area contributed by atoms with Gasteiger partial charge in [0, 0.05) is 86.4 Å². The largest absolute Gasteiger partial charge is 1.00 e. The second kappa shape index (κ2) is 26.6. The number of fused-ring (bicyclic) bond motifs is 14. The van der Waals surface area contributed by atoms with Crippen LogP contribution in [0.3, 0.4) is 0 Å². The molecule has 0 amide bonds. The third-order valence-corrected chi connectivity index (χ3v) is 13.9. The number of H-pyrrole nitrogens is 2. The van der Waals surface area contributed by atoms with Crippen molar-refractivity contribution in [1.82, 2.24) is 9.97 Å². The van der Waals surface area contributed by atoms with Crippen LogP contribution in [-0.4, -0.2) is 87.8 Å². The SMILES string of the molecule is O=S(=O)([O-])Oc1c2ccccc2c(OS(=O)(=O)[O-])c2cc3c(cc12)[nH]c1c3ccc2c(OS(=O)(=O)[O-])c3c(ccc4c5cc6c(OS(=O)(=O)[O-])c7ccccc7c(OS(=O)(=O)[O-])c6cc5[nH]c43)c(OS(=O)(=O)[O-])c21.[K+].[K+].[K+].[K+].[K+].[K+]. The molecule has 9 aromatic carbocycles. The van der Waals surface area contributed by atoms with Crippen LogP contribution in [0.4, 0.5) is 0 Å². The molecule has 11 aromatic rings. The Balaban J connectivity index is 0.00000196. The predicted octanol–water partition coefficient (Wildman–Crippen LogP) is -13.1. The number of aromatic nitrogens is 2. The maximum Gasteiger partial charge on any atom is 1.00 e. The third-order valence-electron chi connectivity index (χ3n) is 11.7. The minimum Gasteiger partial charge on any atom is -0.716 e. The molecule has 0 saturated carbocycles. The normalized spacial score (nSPS) is 12.4. The molecule has 26 nitrogen and oxygen atoms in total. The molecule has 0 aliphatic heterocycles. The fourth-order valence-electron chi connectivity index (χ4n) is 9.39. The first-order chi connectivity index (χ1) is 34.4. The molecule has 11 rings (SSSR count). The minimum atomic E-state index is -5.85. The number of hydrogen-bond acceptors (Lipinski definition) is 24. The van der Waals surface area contributed by atoms with E-state index in [1.165, 1.54) is 60.7 Å². The summed E-state index contributed by atoms with van der Waals surface area (Å²) in [5, 5.41) is -4.26. The van der Waals surface area contributed by atoms with Crippen LogP contribution in [-0.2, 0) is 62.4 Å². The first-order valence-electron chi connectivity index (χ1n) is 20.0. The van der Waals surface area contributed by atoms with Gasteiger partial charge >= 0.3 is 308 Å². The fraction of sp³-hybridized carbons (Fsp3) is 0. The number of aromatic amines is 2. The molecule has 0 bridgehead atoms. The van der Waals surface area contributed by atoms with E-state index >= 15 is 0 Å². The van der Waals surface area contributed by atoms with Gasteiger partial charge in [0.1, 0.15) is 0 Å². The molecule has 0 atom stereocenters. The van der Waals surface area contributed by atoms with Crippen LogP contribution in [0, 0.1) is 0 Å². The Morgan fingerprint density at radius 3 is 0.738 bits per heavy atom. The molecule has 0 aliphatic carbocycles. The Bertz CT molecular complexity index is 4840. The van der Waals surface area contributed by atoms with E-state index in [9.17, 15) is 77.8 Å². The number of benzene rings is 9. The van der Waals surface area contributed by atoms with Crippen molar-refractivity contribution in [2.75, 3.05) is 0 Å². The predicted molar refractivity (Wildman–Crippen MR) is 252 cm³/mol. The molecule has 0 aliphatic rings. The van der Waals surface area contributed by atoms with E-state index in [1.54, 1.807) is 0 Å². The van der Waals surface area contributed by atoms with Gasteiger partial charge in [-0.3, -0.25) is 0 Å². The van der Waals surface area contributed by atoms with Gasteiger partial charge in [-0.05, 0) is 36.4 Å². The van der Waals surface area contributed by atoms with Gasteiger partial charge in [-0.25, -0.2) is 50.5 Å². The van der Waals surface area contributed by atoms with Gasteiger partial charge in [-0.1, -0.05) is 60.7 Å². The van der Waals surface area contributed by atoms with Crippen molar-refractivity contribution in [3.05, 3.63) is 97.1 Å². The van der Waals surface area contributed by atoms with Crippen LogP contribution < -0.4 is 333 Å². The van der Waals surface area contributed by atoms with Crippen LogP contribution in [0.1, 0.15) is 0 Å². The molecule has 0 unspecified atom stereocenters. The van der Waals surface area contributed by atoms with Crippen LogP contribution in [0.5, 0.6) is 34.5 Å². The van der Waals surface area contributed by atoms with Crippen LogP contribution in [0.15, 0.2) is 97.1 Å². The molecule has 0 radical (unpaired) electrons. The van der Waals surface area contributed by atoms with Crippen molar-refractivity contribution in [3.63, 3.8) is 0 Å². The third kappa shape index (κ3) is 14.8. The van der Waals surface area contributed by atoms with E-state index in [1.807, 2.05) is 0 Å². The zero-order chi connectivity index (χ0) is 53.0. The van der Waals surface area contributed by atoms with Gasteiger partial charge in [-0.2, -0.15) is 0 Å². The first-order valence-corrected chi connectivity index (χ1v) is 28.0. The van der Waals surface area contributed by atoms with E-state index in [-0.39, 0.29) is 395 Å². The summed E-state index contributed by atoms with van der Waals surface area (Å²) in [6.45, 7) is 0. The van der Waals surface area contributed by atoms with Crippen molar-refractivity contribution in [2.45, 2.75) is 0 Å². The van der Waals surface area contributed by atoms with E-state index in [2.05, 4.69) is 9.97 Å². The van der Waals surface area contributed by atoms with Crippen molar-refractivity contribution >= 4 is 171 Å². The second-order valence-electron chi connectivity index (χ2n) is 16.0. The summed E-state index contributed by atoms with van der Waals surface area (Å²) in [6, 6.07) is 19.4. The summed E-state index contributed by atoms with van der Waals surface area (Å²) in [5.74, 6) is -4.39. The summed E-state index contributed by atoms with van der Waals surface area (Å²) in [6.07, 6.45) is 0. The van der Waals surface area contributed by atoms with Gasteiger partial charge in [0.25, 0.3) is 62.4 Å². The van der Waals surface area contributed by atoms with Gasteiger partial charge in [-0.15, -0.1) is 0 Å². The summed E-state index contributed by atoms with van der Waals surface area (Å²) >= 11 is 0. The van der Waals surface area contributed by atoms with Crippen molar-refractivity contribution < 1.29 is 411 Å². The Kier molecular flexibility index (Phi) is 24.2. The zero-order valence-corrected chi connectivity index (χ0v) is 65.1. The summed E-state index contributed by atoms with van der Waals surface area (Å²) in [5.41, 5.74) is -0.635. The monoisotopic (exact) mass is 1360 g/mol. The Morgan fingerprint density at radius 2 is 0.487 bits per heavy atom. The van der Waals surface area contributed by atoms with Crippen LogP contribution >= 0.6 is 0 Å². The number of nitrogens with one attached hydrogen (secondary N) is 2. The van der Waals surface area contributed by atoms with E-state index in [4.69, 9.17) is 25.1 Å². The summed E-state index contributed by atoms with van der Waals surface area (Å²) < 4.78 is 251. The van der Waals surface area contributed by atoms with Crippen LogP contribution in [0.25, 0.3) is 108 Å². The van der Waals surface area contributed by atoms with E-state index in [0.29, 0.717) is 0 Å². The molecule has 38 heteroatoms. The van der Waals surface area contributed by atoms with Gasteiger partial charge < -0.3 is 62.4 Å². The summed E-state index contributed by atoms with van der Waals surface area (Å²) in [7, 11) is -34.1. The Labute approximate surface area is 706 Å². The quantitative estimate of drug-likeness (QED) is 0.0496. The molecule has 0 saturated heterocycles. The second-order valence-corrected chi connectivity index (χ2v) is 21.9. The van der Waals surface area contributed by atoms with E-state index < -0.39 is 118 Å². The van der Waals surface area contributed by atoms with Gasteiger partial charge in [0.05, 0.1) is 21.8 Å². The topological polar surface area (TPSA) is 430 Å². The zero-order valence-electron chi connectivity index (χ0n) is 41.5. The van der Waals surface area contributed by atoms with Crippen molar-refractivity contribution in [1.29, 1.82) is 0 Å². The number of hydrogen-bond donors (Lipinski definition) is 2. The molecular weight excluding hydrogens is 1340 g/mol. The molecule has 2 N–H and O–H groups in total. The standard InChI is InChI=1S/C42H24N2O24S6.6K/c45-69(46,47)63-37-19-5-1-3-7-21(19)39(65-71(51,52)53)29-15-31-25(13-27(29)37)17-9-11-23-33(35(17)43-31)41(67-73(57,58)59)24-12-10-18-26-14-28-30(16-32(26)44-36(18)34(24)42(23)68-74(60,61)62)40(66-72(54,55)56)22-8-4-2-6-20(22)38(28)64-70(48,49)50;;;;;;/h1-16,43-44H,(H,45,46,47)(H,48,49,50)(H,51,52,53)(H,54,55,56)(H,57,58,59)(H,60,61,62);;;;;;/q;6*+1/p-6. The summed E-state index contributed by atoms with van der Waals surface area (Å²) in [4.78, 5) is 5.82. The molecule has 0 fully saturated rings. The Hall–Kier alpha value is 2.22. The molecule has 80 heavy (non-hydrogen) atoms. The maximum atomic E-state index is 12.7. The molecule has 0 spiro atoms. The average Bonchev–Trinajstić information content (AvgIpc) is 3.83. The van der Waals surface area contributed by atoms with Crippen molar-refractivity contribution in [2.24, 2.45) is 0 Å². The molecule has 2 heterocycles. The van der Waals surface area contributed by atoms with Crippen LogP contribution in [0.2, 0.25) is 0 Å². The van der Waals surface area contributed by atoms with Gasteiger partial charge in [0.15, 0.2) is 34.5 Å². The average molecular weight is 1360 g/mol. The number of rotatable bonds is 12. The van der Waals surface area contributed by atoms with Gasteiger partial charge in [0.2, 0.25) is 0 Å². The first kappa shape index (κ1) is 73.0. The maximum absolute atomic E-state index is 12.7. The molecular formula is C42H18K6N2O24S6. The minimum absolute atomic E-state index is 0. The van der Waals surface area contributed by atoms with E-state index in [0.717, 1.165) is 36.4 Å². The molecule has 382 valence electrons. The smallest absolute Gasteiger partial charge is 0.716 e. The Morgan fingerprint density at radius 1 is 0.263 bits per heavy atom. The molecule has 2 aromatic heterocycles.